The standard InChI is InChI=1S/C18H21N3O3/c1-12-11-19-20-16(12)14-6-2-3-8-21(14)18(22)13-5-4-7-15-17(13)24-10-9-23-15/h4-5,7,11,14H,2-3,6,8-10H2,1H3,(H,19,20)/t14-/m1/s1. The van der Waals surface area contributed by atoms with Gasteiger partial charge < -0.3 is 14.4 Å². The second-order valence-electron chi connectivity index (χ2n) is 6.31. The maximum absolute atomic E-state index is 13.2. The Kier molecular flexibility index (Phi) is 3.88. The predicted octanol–water partition coefficient (Wildman–Crippen LogP) is 2.86. The van der Waals surface area contributed by atoms with Crippen molar-refractivity contribution in [3.8, 4) is 11.5 Å². The molecule has 6 nitrogen and oxygen atoms in total. The lowest BCUT2D eigenvalue weighted by molar-refractivity contribution is 0.0596. The van der Waals surface area contributed by atoms with Crippen LogP contribution < -0.4 is 9.47 Å². The van der Waals surface area contributed by atoms with E-state index < -0.39 is 0 Å². The van der Waals surface area contributed by atoms with Crippen LogP contribution in [0.5, 0.6) is 11.5 Å². The van der Waals surface area contributed by atoms with E-state index in [0.717, 1.165) is 37.1 Å². The third-order valence-corrected chi connectivity index (χ3v) is 4.76. The van der Waals surface area contributed by atoms with Crippen molar-refractivity contribution in [3.63, 3.8) is 0 Å². The number of H-pyrrole nitrogens is 1. The lowest BCUT2D eigenvalue weighted by Gasteiger charge is -2.36. The summed E-state index contributed by atoms with van der Waals surface area (Å²) >= 11 is 0. The zero-order chi connectivity index (χ0) is 16.5. The maximum Gasteiger partial charge on any atom is 0.258 e. The van der Waals surface area contributed by atoms with Crippen LogP contribution >= 0.6 is 0 Å². The number of nitrogens with zero attached hydrogens (tertiary/aromatic N) is 2. The molecule has 126 valence electrons. The summed E-state index contributed by atoms with van der Waals surface area (Å²) in [5.74, 6) is 1.22. The highest BCUT2D eigenvalue weighted by Gasteiger charge is 2.33. The minimum Gasteiger partial charge on any atom is -0.486 e. The largest absolute Gasteiger partial charge is 0.486 e. The molecule has 0 bridgehead atoms. The number of hydrogen-bond acceptors (Lipinski definition) is 4. The number of rotatable bonds is 2. The van der Waals surface area contributed by atoms with E-state index >= 15 is 0 Å². The molecule has 0 unspecified atom stereocenters. The molecule has 0 aliphatic carbocycles. The molecule has 3 heterocycles. The Bertz CT molecular complexity index is 756. The van der Waals surface area contributed by atoms with Crippen LogP contribution in [0.1, 0.15) is 46.9 Å². The van der Waals surface area contributed by atoms with Gasteiger partial charge >= 0.3 is 0 Å². The van der Waals surface area contributed by atoms with Gasteiger partial charge in [-0.25, -0.2) is 0 Å². The second-order valence-corrected chi connectivity index (χ2v) is 6.31. The van der Waals surface area contributed by atoms with E-state index in [0.29, 0.717) is 30.3 Å². The summed E-state index contributed by atoms with van der Waals surface area (Å²) in [5, 5.41) is 7.20. The van der Waals surface area contributed by atoms with Crippen molar-refractivity contribution in [1.82, 2.24) is 15.1 Å². The smallest absolute Gasteiger partial charge is 0.258 e. The minimum absolute atomic E-state index is 0.00366. The number of amides is 1. The average molecular weight is 327 g/mol. The zero-order valence-corrected chi connectivity index (χ0v) is 13.7. The fourth-order valence-corrected chi connectivity index (χ4v) is 3.57. The van der Waals surface area contributed by atoms with Crippen molar-refractivity contribution in [2.45, 2.75) is 32.2 Å². The first-order valence-electron chi connectivity index (χ1n) is 8.45. The molecule has 6 heteroatoms. The van der Waals surface area contributed by atoms with Gasteiger partial charge in [0.25, 0.3) is 5.91 Å². The number of likely N-dealkylation sites (tertiary alicyclic amines) is 1. The van der Waals surface area contributed by atoms with Gasteiger partial charge in [0.2, 0.25) is 0 Å². The van der Waals surface area contributed by atoms with Gasteiger partial charge in [-0.2, -0.15) is 5.10 Å². The molecule has 1 aromatic carbocycles. The summed E-state index contributed by atoms with van der Waals surface area (Å²) in [5.41, 5.74) is 2.70. The first-order chi connectivity index (χ1) is 11.8. The van der Waals surface area contributed by atoms with Crippen LogP contribution in [0.4, 0.5) is 0 Å². The van der Waals surface area contributed by atoms with Crippen LogP contribution in [0.25, 0.3) is 0 Å². The molecule has 0 radical (unpaired) electrons. The van der Waals surface area contributed by atoms with Crippen molar-refractivity contribution < 1.29 is 14.3 Å². The molecule has 1 atom stereocenters. The van der Waals surface area contributed by atoms with E-state index in [-0.39, 0.29) is 11.9 Å². The quantitative estimate of drug-likeness (QED) is 0.921. The number of para-hydroxylation sites is 1. The Labute approximate surface area is 140 Å². The SMILES string of the molecule is Cc1cn[nH]c1[C@H]1CCCCN1C(=O)c1cccc2c1OCCO2. The number of aromatic nitrogens is 2. The highest BCUT2D eigenvalue weighted by Crippen LogP contribution is 2.38. The minimum atomic E-state index is -0.00366. The summed E-state index contributed by atoms with van der Waals surface area (Å²) < 4.78 is 11.3. The van der Waals surface area contributed by atoms with Gasteiger partial charge in [0.1, 0.15) is 13.2 Å². The molecule has 1 amide bonds. The number of piperidine rings is 1. The van der Waals surface area contributed by atoms with E-state index in [9.17, 15) is 4.79 Å². The zero-order valence-electron chi connectivity index (χ0n) is 13.7. The fourth-order valence-electron chi connectivity index (χ4n) is 3.57. The van der Waals surface area contributed by atoms with Crippen molar-refractivity contribution in [2.75, 3.05) is 19.8 Å². The van der Waals surface area contributed by atoms with Crippen LogP contribution in [0.2, 0.25) is 0 Å². The van der Waals surface area contributed by atoms with Gasteiger partial charge in [-0.15, -0.1) is 0 Å². The summed E-state index contributed by atoms with van der Waals surface area (Å²) in [6.07, 6.45) is 4.89. The Hall–Kier alpha value is -2.50. The number of carbonyl (C=O) groups is 1. The predicted molar refractivity (Wildman–Crippen MR) is 88.4 cm³/mol. The van der Waals surface area contributed by atoms with Crippen LogP contribution in [0.3, 0.4) is 0 Å². The van der Waals surface area contributed by atoms with Gasteiger partial charge in [-0.3, -0.25) is 9.89 Å². The van der Waals surface area contributed by atoms with Crippen LogP contribution in [0.15, 0.2) is 24.4 Å². The first-order valence-corrected chi connectivity index (χ1v) is 8.45. The van der Waals surface area contributed by atoms with Crippen molar-refractivity contribution in [2.24, 2.45) is 0 Å². The highest BCUT2D eigenvalue weighted by atomic mass is 16.6. The summed E-state index contributed by atoms with van der Waals surface area (Å²) in [6, 6.07) is 5.55. The molecule has 1 saturated heterocycles. The molecule has 1 aromatic heterocycles. The van der Waals surface area contributed by atoms with Crippen molar-refractivity contribution in [1.29, 1.82) is 0 Å². The molecule has 0 spiro atoms. The number of carbonyl (C=O) groups excluding carboxylic acids is 1. The van der Waals surface area contributed by atoms with Crippen LogP contribution in [-0.2, 0) is 0 Å². The molecule has 2 aliphatic heterocycles. The molecule has 2 aliphatic rings. The Morgan fingerprint density at radius 3 is 3.00 bits per heavy atom. The molecule has 0 saturated carbocycles. The maximum atomic E-state index is 13.2. The van der Waals surface area contributed by atoms with E-state index in [1.807, 2.05) is 36.2 Å². The first kappa shape index (κ1) is 15.1. The van der Waals surface area contributed by atoms with Crippen molar-refractivity contribution in [3.05, 3.63) is 41.2 Å². The molecule has 1 fully saturated rings. The van der Waals surface area contributed by atoms with Gasteiger partial charge in [0, 0.05) is 6.54 Å². The van der Waals surface area contributed by atoms with Crippen LogP contribution in [0, 0.1) is 6.92 Å². The number of aromatic amines is 1. The lowest BCUT2D eigenvalue weighted by Crippen LogP contribution is -2.39. The third kappa shape index (κ3) is 2.52. The summed E-state index contributed by atoms with van der Waals surface area (Å²) in [6.45, 7) is 3.76. The molecular weight excluding hydrogens is 306 g/mol. The highest BCUT2D eigenvalue weighted by molar-refractivity contribution is 5.98. The molecule has 2 aromatic rings. The van der Waals surface area contributed by atoms with Gasteiger partial charge in [-0.05, 0) is 43.9 Å². The third-order valence-electron chi connectivity index (χ3n) is 4.76. The number of ether oxygens (including phenoxy) is 2. The Balaban J connectivity index is 1.69. The van der Waals surface area contributed by atoms with Gasteiger partial charge in [0.15, 0.2) is 11.5 Å². The fraction of sp³-hybridized carbons (Fsp3) is 0.444. The summed E-state index contributed by atoms with van der Waals surface area (Å²) in [7, 11) is 0. The molecular formula is C18H21N3O3. The van der Waals surface area contributed by atoms with E-state index in [4.69, 9.17) is 9.47 Å². The number of nitrogens with one attached hydrogen (secondary N) is 1. The second kappa shape index (κ2) is 6.19. The normalized spacial score (nSPS) is 20.0. The van der Waals surface area contributed by atoms with E-state index in [1.54, 1.807) is 0 Å². The lowest BCUT2D eigenvalue weighted by atomic mass is 9.96. The van der Waals surface area contributed by atoms with Gasteiger partial charge in [0.05, 0.1) is 23.5 Å². The molecule has 1 N–H and O–H groups in total. The van der Waals surface area contributed by atoms with Crippen LogP contribution in [-0.4, -0.2) is 40.8 Å². The Morgan fingerprint density at radius 2 is 2.17 bits per heavy atom. The molecule has 4 rings (SSSR count). The summed E-state index contributed by atoms with van der Waals surface area (Å²) in [4.78, 5) is 15.2. The van der Waals surface area contributed by atoms with Crippen molar-refractivity contribution >= 4 is 5.91 Å². The monoisotopic (exact) mass is 327 g/mol. The number of fused-ring (bicyclic) bond motifs is 1. The number of hydrogen-bond donors (Lipinski definition) is 1. The van der Waals surface area contributed by atoms with E-state index in [2.05, 4.69) is 10.2 Å². The van der Waals surface area contributed by atoms with E-state index in [1.165, 1.54) is 0 Å². The number of aryl methyl sites for hydroxylation is 1. The average Bonchev–Trinajstić information content (AvgIpc) is 3.06. The number of benzene rings is 1. The Morgan fingerprint density at radius 1 is 1.29 bits per heavy atom. The molecule has 24 heavy (non-hydrogen) atoms. The van der Waals surface area contributed by atoms with Gasteiger partial charge in [-0.1, -0.05) is 6.07 Å². The topological polar surface area (TPSA) is 67.5 Å².